The number of amides is 1. The largest absolute Gasteiger partial charge is 0.376 e. The Morgan fingerprint density at radius 1 is 1.17 bits per heavy atom. The van der Waals surface area contributed by atoms with Crippen molar-refractivity contribution in [3.05, 3.63) is 34.9 Å². The van der Waals surface area contributed by atoms with Crippen molar-refractivity contribution in [2.24, 2.45) is 5.73 Å². The number of hydrogen-bond acceptors (Lipinski definition) is 2. The molecule has 104 valence electrons. The van der Waals surface area contributed by atoms with E-state index < -0.39 is 0 Å². The molecule has 18 heavy (non-hydrogen) atoms. The van der Waals surface area contributed by atoms with E-state index in [9.17, 15) is 0 Å². The molecule has 3 nitrogen and oxygen atoms in total. The van der Waals surface area contributed by atoms with Gasteiger partial charge in [0.05, 0.1) is 13.2 Å². The zero-order chi connectivity index (χ0) is 14.4. The van der Waals surface area contributed by atoms with Gasteiger partial charge in [0.15, 0.2) is 0 Å². The number of nitrogens with two attached hydrogens (primary N) is 1. The van der Waals surface area contributed by atoms with Crippen LogP contribution >= 0.6 is 0 Å². The van der Waals surface area contributed by atoms with Gasteiger partial charge in [0.1, 0.15) is 0 Å². The van der Waals surface area contributed by atoms with Crippen LogP contribution in [0.5, 0.6) is 0 Å². The summed E-state index contributed by atoms with van der Waals surface area (Å²) in [5.41, 5.74) is 8.35. The van der Waals surface area contributed by atoms with E-state index in [1.165, 1.54) is 16.7 Å². The van der Waals surface area contributed by atoms with E-state index in [1.807, 2.05) is 27.7 Å². The lowest BCUT2D eigenvalue weighted by Gasteiger charge is -2.16. The number of carbonyl (C=O) groups is 1. The van der Waals surface area contributed by atoms with Crippen molar-refractivity contribution in [2.45, 2.75) is 47.6 Å². The zero-order valence-corrected chi connectivity index (χ0v) is 12.3. The summed E-state index contributed by atoms with van der Waals surface area (Å²) in [6.07, 6.45) is 1.33. The van der Waals surface area contributed by atoms with E-state index in [0.717, 1.165) is 19.6 Å². The first-order chi connectivity index (χ1) is 8.77. The first-order valence-corrected chi connectivity index (χ1v) is 6.59. The van der Waals surface area contributed by atoms with Crippen molar-refractivity contribution < 1.29 is 9.53 Å². The molecule has 0 saturated carbocycles. The Balaban J connectivity index is 0. The van der Waals surface area contributed by atoms with Gasteiger partial charge in [-0.1, -0.05) is 51.5 Å². The highest BCUT2D eigenvalue weighted by molar-refractivity contribution is 5.42. The summed E-state index contributed by atoms with van der Waals surface area (Å²) in [5.74, 6) is 0. The maximum Gasteiger partial charge on any atom is 0.204 e. The monoisotopic (exact) mass is 253 g/mol. The van der Waals surface area contributed by atoms with E-state index in [-0.39, 0.29) is 6.41 Å². The Hall–Kier alpha value is -1.35. The Morgan fingerprint density at radius 3 is 2.28 bits per heavy atom. The van der Waals surface area contributed by atoms with Gasteiger partial charge in [-0.3, -0.25) is 4.79 Å². The minimum Gasteiger partial charge on any atom is -0.376 e. The molecule has 0 aromatic heterocycles. The summed E-state index contributed by atoms with van der Waals surface area (Å²) < 4.78 is 5.34. The molecule has 0 saturated heterocycles. The van der Waals surface area contributed by atoms with E-state index in [2.05, 4.69) is 30.9 Å². The van der Waals surface area contributed by atoms with Gasteiger partial charge in [-0.2, -0.15) is 0 Å². The van der Waals surface area contributed by atoms with E-state index in [0.29, 0.717) is 0 Å². The van der Waals surface area contributed by atoms with Gasteiger partial charge in [-0.05, 0) is 24.5 Å². The molecule has 1 aliphatic heterocycles. The van der Waals surface area contributed by atoms with Crippen molar-refractivity contribution in [1.82, 2.24) is 0 Å². The summed E-state index contributed by atoms with van der Waals surface area (Å²) in [7, 11) is 0. The van der Waals surface area contributed by atoms with Gasteiger partial charge < -0.3 is 10.5 Å². The predicted octanol–water partition coefficient (Wildman–Crippen LogP) is 3.22. The van der Waals surface area contributed by atoms with Crippen LogP contribution in [0.25, 0.3) is 0 Å². The molecule has 0 fully saturated rings. The molecule has 0 bridgehead atoms. The van der Waals surface area contributed by atoms with Crippen molar-refractivity contribution in [3.8, 4) is 0 Å². The Kier molecular flexibility index (Phi) is 14.5. The lowest BCUT2D eigenvalue weighted by Crippen LogP contribution is -2.09. The SMILES string of the molecule is CC.CC.Cc1ccc2c(c1)CCOC2.NC=O. The molecule has 0 aliphatic carbocycles. The van der Waals surface area contributed by atoms with Crippen LogP contribution in [0.3, 0.4) is 0 Å². The molecule has 3 heteroatoms. The van der Waals surface area contributed by atoms with Crippen LogP contribution in [0.2, 0.25) is 0 Å². The standard InChI is InChI=1S/C10H12O.2C2H6.CH3NO/c1-8-2-3-10-7-11-5-4-9(10)6-8;2*1-2;2-1-3/h2-3,6H,4-5,7H2,1H3;2*1-2H3;1H,(H2,2,3). The third-order valence-corrected chi connectivity index (χ3v) is 2.14. The van der Waals surface area contributed by atoms with Crippen LogP contribution in [0.15, 0.2) is 18.2 Å². The highest BCUT2D eigenvalue weighted by atomic mass is 16.5. The molecule has 0 unspecified atom stereocenters. The molecule has 1 amide bonds. The van der Waals surface area contributed by atoms with Crippen LogP contribution in [-0.2, 0) is 22.6 Å². The maximum atomic E-state index is 8.58. The Labute approximate surface area is 111 Å². The minimum atomic E-state index is 0.250. The normalized spacial score (nSPS) is 11.2. The molecule has 0 radical (unpaired) electrons. The van der Waals surface area contributed by atoms with Crippen LogP contribution in [-0.4, -0.2) is 13.0 Å². The topological polar surface area (TPSA) is 52.3 Å². The molecular weight excluding hydrogens is 226 g/mol. The molecule has 2 rings (SSSR count). The molecule has 1 aliphatic rings. The zero-order valence-electron chi connectivity index (χ0n) is 12.3. The van der Waals surface area contributed by atoms with Gasteiger partial charge in [0, 0.05) is 0 Å². The van der Waals surface area contributed by atoms with Crippen molar-refractivity contribution in [3.63, 3.8) is 0 Å². The molecule has 0 atom stereocenters. The second-order valence-corrected chi connectivity index (χ2v) is 3.21. The predicted molar refractivity (Wildman–Crippen MR) is 77.5 cm³/mol. The third-order valence-electron chi connectivity index (χ3n) is 2.14. The Bertz CT molecular complexity index is 311. The van der Waals surface area contributed by atoms with Crippen molar-refractivity contribution >= 4 is 6.41 Å². The number of benzene rings is 1. The minimum absolute atomic E-state index is 0.250. The third kappa shape index (κ3) is 7.85. The smallest absolute Gasteiger partial charge is 0.204 e. The highest BCUT2D eigenvalue weighted by Gasteiger charge is 2.07. The summed E-state index contributed by atoms with van der Waals surface area (Å²) in [4.78, 5) is 8.58. The summed E-state index contributed by atoms with van der Waals surface area (Å²) in [6.45, 7) is 11.8. The van der Waals surface area contributed by atoms with Crippen LogP contribution in [0, 0.1) is 6.92 Å². The lowest BCUT2D eigenvalue weighted by molar-refractivity contribution is -0.106. The molecule has 1 aromatic carbocycles. The summed E-state index contributed by atoms with van der Waals surface area (Å²) in [5, 5.41) is 0. The fourth-order valence-electron chi connectivity index (χ4n) is 1.49. The van der Waals surface area contributed by atoms with Crippen molar-refractivity contribution in [1.29, 1.82) is 0 Å². The molecular formula is C15H27NO2. The van der Waals surface area contributed by atoms with Crippen LogP contribution in [0.4, 0.5) is 0 Å². The van der Waals surface area contributed by atoms with Gasteiger partial charge in [-0.15, -0.1) is 0 Å². The second-order valence-electron chi connectivity index (χ2n) is 3.21. The van der Waals surface area contributed by atoms with Crippen LogP contribution < -0.4 is 5.73 Å². The number of aryl methyl sites for hydroxylation is 1. The summed E-state index contributed by atoms with van der Waals surface area (Å²) >= 11 is 0. The van der Waals surface area contributed by atoms with Crippen LogP contribution in [0.1, 0.15) is 44.4 Å². The average molecular weight is 253 g/mol. The lowest BCUT2D eigenvalue weighted by atomic mass is 10.0. The summed E-state index contributed by atoms with van der Waals surface area (Å²) in [6, 6.07) is 6.58. The number of ether oxygens (including phenoxy) is 1. The average Bonchev–Trinajstić information content (AvgIpc) is 2.44. The van der Waals surface area contributed by atoms with Gasteiger partial charge in [0.25, 0.3) is 0 Å². The van der Waals surface area contributed by atoms with Gasteiger partial charge in [0.2, 0.25) is 6.41 Å². The quantitative estimate of drug-likeness (QED) is 0.722. The van der Waals surface area contributed by atoms with E-state index >= 15 is 0 Å². The first kappa shape index (κ1) is 19.0. The molecule has 2 N–H and O–H groups in total. The molecule has 1 heterocycles. The first-order valence-electron chi connectivity index (χ1n) is 6.59. The van der Waals surface area contributed by atoms with Gasteiger partial charge >= 0.3 is 0 Å². The fraction of sp³-hybridized carbons (Fsp3) is 0.533. The number of fused-ring (bicyclic) bond motifs is 1. The number of primary amides is 1. The second kappa shape index (κ2) is 13.7. The Morgan fingerprint density at radius 2 is 1.72 bits per heavy atom. The number of carbonyl (C=O) groups excluding carboxylic acids is 1. The van der Waals surface area contributed by atoms with Crippen molar-refractivity contribution in [2.75, 3.05) is 6.61 Å². The fourth-order valence-corrected chi connectivity index (χ4v) is 1.49. The number of hydrogen-bond donors (Lipinski definition) is 1. The van der Waals surface area contributed by atoms with Gasteiger partial charge in [-0.25, -0.2) is 0 Å². The maximum absolute atomic E-state index is 8.58. The molecule has 0 spiro atoms. The van der Waals surface area contributed by atoms with E-state index in [1.54, 1.807) is 0 Å². The van der Waals surface area contributed by atoms with E-state index in [4.69, 9.17) is 9.53 Å². The molecule has 1 aromatic rings. The number of rotatable bonds is 0. The highest BCUT2D eigenvalue weighted by Crippen LogP contribution is 2.17.